The van der Waals surface area contributed by atoms with Crippen molar-refractivity contribution < 1.29 is 8.85 Å². The Bertz CT molecular complexity index is 116. The molecule has 0 saturated carbocycles. The third kappa shape index (κ3) is 8.72. The monoisotopic (exact) mass is 218 g/mol. The molecule has 0 rings (SSSR count). The van der Waals surface area contributed by atoms with Crippen molar-refractivity contribution in [1.29, 1.82) is 0 Å². The third-order valence-corrected chi connectivity index (χ3v) is 4.47. The zero-order valence-corrected chi connectivity index (χ0v) is 11.5. The molecular weight excluding hydrogens is 192 g/mol. The second-order valence-electron chi connectivity index (χ2n) is 4.30. The standard InChI is InChI=1S/C11H26O2Si/c1-6-7-8-9-14(12-10(2)3)13-11(4)5/h10-11,14H,6-9H2,1-5H3. The van der Waals surface area contributed by atoms with Crippen molar-refractivity contribution >= 4 is 9.28 Å². The summed E-state index contributed by atoms with van der Waals surface area (Å²) in [5.41, 5.74) is 0. The molecule has 14 heavy (non-hydrogen) atoms. The van der Waals surface area contributed by atoms with E-state index in [2.05, 4.69) is 34.6 Å². The van der Waals surface area contributed by atoms with E-state index in [-0.39, 0.29) is 0 Å². The first kappa shape index (κ1) is 14.1. The van der Waals surface area contributed by atoms with Gasteiger partial charge in [-0.15, -0.1) is 0 Å². The summed E-state index contributed by atoms with van der Waals surface area (Å²) >= 11 is 0. The molecule has 0 atom stereocenters. The van der Waals surface area contributed by atoms with Crippen molar-refractivity contribution in [3.05, 3.63) is 0 Å². The lowest BCUT2D eigenvalue weighted by molar-refractivity contribution is 0.129. The van der Waals surface area contributed by atoms with Gasteiger partial charge in [-0.1, -0.05) is 26.2 Å². The van der Waals surface area contributed by atoms with Gasteiger partial charge >= 0.3 is 9.28 Å². The van der Waals surface area contributed by atoms with E-state index in [0.29, 0.717) is 12.2 Å². The van der Waals surface area contributed by atoms with E-state index >= 15 is 0 Å². The third-order valence-electron chi connectivity index (χ3n) is 1.89. The normalized spacial score (nSPS) is 12.0. The van der Waals surface area contributed by atoms with E-state index in [1.807, 2.05) is 0 Å². The van der Waals surface area contributed by atoms with Crippen LogP contribution in [-0.4, -0.2) is 21.5 Å². The summed E-state index contributed by atoms with van der Waals surface area (Å²) in [5, 5.41) is 0. The molecule has 0 aromatic rings. The Kier molecular flexibility index (Phi) is 8.53. The Hall–Kier alpha value is 0.137. The van der Waals surface area contributed by atoms with Crippen molar-refractivity contribution in [1.82, 2.24) is 0 Å². The van der Waals surface area contributed by atoms with Crippen LogP contribution in [-0.2, 0) is 8.85 Å². The summed E-state index contributed by atoms with van der Waals surface area (Å²) in [6.45, 7) is 10.6. The molecule has 0 aliphatic rings. The van der Waals surface area contributed by atoms with Gasteiger partial charge in [-0.05, 0) is 33.7 Å². The number of hydrogen-bond donors (Lipinski definition) is 0. The molecule has 0 spiro atoms. The molecule has 0 unspecified atom stereocenters. The average molecular weight is 218 g/mol. The van der Waals surface area contributed by atoms with Crippen LogP contribution in [0, 0.1) is 0 Å². The van der Waals surface area contributed by atoms with Gasteiger partial charge in [0.2, 0.25) is 0 Å². The number of rotatable bonds is 8. The first-order chi connectivity index (χ1) is 6.56. The highest BCUT2D eigenvalue weighted by Crippen LogP contribution is 2.10. The molecule has 0 fully saturated rings. The smallest absolute Gasteiger partial charge is 0.321 e. The van der Waals surface area contributed by atoms with Crippen LogP contribution in [0.3, 0.4) is 0 Å². The van der Waals surface area contributed by atoms with Gasteiger partial charge in [0.25, 0.3) is 0 Å². The summed E-state index contributed by atoms with van der Waals surface area (Å²) in [6.07, 6.45) is 4.45. The summed E-state index contributed by atoms with van der Waals surface area (Å²) < 4.78 is 11.6. The molecule has 3 heteroatoms. The maximum absolute atomic E-state index is 5.82. The quantitative estimate of drug-likeness (QED) is 0.460. The lowest BCUT2D eigenvalue weighted by Crippen LogP contribution is -2.29. The summed E-state index contributed by atoms with van der Waals surface area (Å²) in [6, 6.07) is 1.16. The Morgan fingerprint density at radius 3 is 1.79 bits per heavy atom. The van der Waals surface area contributed by atoms with Gasteiger partial charge in [0.05, 0.1) is 0 Å². The summed E-state index contributed by atoms with van der Waals surface area (Å²) in [5.74, 6) is 0. The highest BCUT2D eigenvalue weighted by Gasteiger charge is 2.16. The summed E-state index contributed by atoms with van der Waals surface area (Å²) in [7, 11) is -1.38. The van der Waals surface area contributed by atoms with Crippen molar-refractivity contribution in [2.24, 2.45) is 0 Å². The minimum Gasteiger partial charge on any atom is -0.394 e. The zero-order chi connectivity index (χ0) is 11.0. The first-order valence-corrected chi connectivity index (χ1v) is 7.63. The van der Waals surface area contributed by atoms with Gasteiger partial charge in [0, 0.05) is 12.2 Å². The molecule has 0 heterocycles. The molecule has 0 amide bonds. The van der Waals surface area contributed by atoms with Gasteiger partial charge in [0.15, 0.2) is 0 Å². The van der Waals surface area contributed by atoms with Crippen LogP contribution < -0.4 is 0 Å². The Labute approximate surface area is 90.8 Å². The van der Waals surface area contributed by atoms with Crippen LogP contribution >= 0.6 is 0 Å². The minimum atomic E-state index is -1.38. The lowest BCUT2D eigenvalue weighted by Gasteiger charge is -2.21. The SMILES string of the molecule is CCCCC[SiH](OC(C)C)OC(C)C. The van der Waals surface area contributed by atoms with Crippen molar-refractivity contribution in [3.8, 4) is 0 Å². The fourth-order valence-corrected chi connectivity index (χ4v) is 3.51. The van der Waals surface area contributed by atoms with Crippen LogP contribution in [0.5, 0.6) is 0 Å². The molecule has 0 aliphatic heterocycles. The van der Waals surface area contributed by atoms with Gasteiger partial charge < -0.3 is 8.85 Å². The van der Waals surface area contributed by atoms with Crippen LogP contribution in [0.25, 0.3) is 0 Å². The van der Waals surface area contributed by atoms with Gasteiger partial charge in [-0.2, -0.15) is 0 Å². The number of unbranched alkanes of at least 4 members (excludes halogenated alkanes) is 2. The predicted octanol–water partition coefficient (Wildman–Crippen LogP) is 3.25. The minimum absolute atomic E-state index is 0.312. The number of hydrogen-bond acceptors (Lipinski definition) is 2. The van der Waals surface area contributed by atoms with Crippen molar-refractivity contribution in [2.45, 2.75) is 72.1 Å². The maximum Gasteiger partial charge on any atom is 0.321 e. The second kappa shape index (κ2) is 8.45. The van der Waals surface area contributed by atoms with E-state index in [4.69, 9.17) is 8.85 Å². The first-order valence-electron chi connectivity index (χ1n) is 5.87. The van der Waals surface area contributed by atoms with E-state index in [0.717, 1.165) is 6.04 Å². The fraction of sp³-hybridized carbons (Fsp3) is 1.00. The molecule has 0 aliphatic carbocycles. The van der Waals surface area contributed by atoms with Gasteiger partial charge in [-0.3, -0.25) is 0 Å². The Morgan fingerprint density at radius 1 is 0.929 bits per heavy atom. The van der Waals surface area contributed by atoms with Crippen molar-refractivity contribution in [3.63, 3.8) is 0 Å². The van der Waals surface area contributed by atoms with E-state index in [1.165, 1.54) is 19.3 Å². The molecule has 2 nitrogen and oxygen atoms in total. The molecule has 0 bridgehead atoms. The largest absolute Gasteiger partial charge is 0.394 e. The maximum atomic E-state index is 5.82. The van der Waals surface area contributed by atoms with Crippen LogP contribution in [0.15, 0.2) is 0 Å². The predicted molar refractivity (Wildman–Crippen MR) is 63.9 cm³/mol. The van der Waals surface area contributed by atoms with Crippen molar-refractivity contribution in [2.75, 3.05) is 0 Å². The van der Waals surface area contributed by atoms with Gasteiger partial charge in [0.1, 0.15) is 0 Å². The average Bonchev–Trinajstić information content (AvgIpc) is 2.02. The van der Waals surface area contributed by atoms with Crippen LogP contribution in [0.2, 0.25) is 6.04 Å². The molecule has 0 N–H and O–H groups in total. The van der Waals surface area contributed by atoms with Gasteiger partial charge in [-0.25, -0.2) is 0 Å². The van der Waals surface area contributed by atoms with Crippen LogP contribution in [0.4, 0.5) is 0 Å². The molecule has 0 saturated heterocycles. The topological polar surface area (TPSA) is 18.5 Å². The fourth-order valence-electron chi connectivity index (χ4n) is 1.34. The lowest BCUT2D eigenvalue weighted by atomic mass is 10.3. The Morgan fingerprint density at radius 2 is 1.43 bits per heavy atom. The zero-order valence-electron chi connectivity index (χ0n) is 10.4. The van der Waals surface area contributed by atoms with E-state index in [9.17, 15) is 0 Å². The molecule has 0 aromatic heterocycles. The Balaban J connectivity index is 3.72. The second-order valence-corrected chi connectivity index (χ2v) is 6.28. The highest BCUT2D eigenvalue weighted by molar-refractivity contribution is 6.44. The molecule has 86 valence electrons. The van der Waals surface area contributed by atoms with E-state index < -0.39 is 9.28 Å². The highest BCUT2D eigenvalue weighted by atomic mass is 28.3. The molecular formula is C11H26O2Si. The van der Waals surface area contributed by atoms with E-state index in [1.54, 1.807) is 0 Å². The van der Waals surface area contributed by atoms with Crippen LogP contribution in [0.1, 0.15) is 53.9 Å². The molecule has 0 radical (unpaired) electrons. The molecule has 0 aromatic carbocycles. The summed E-state index contributed by atoms with van der Waals surface area (Å²) in [4.78, 5) is 0.